The van der Waals surface area contributed by atoms with Crippen molar-refractivity contribution >= 4 is 26.8 Å². The van der Waals surface area contributed by atoms with Crippen molar-refractivity contribution in [2.24, 2.45) is 0 Å². The minimum atomic E-state index is -3.08. The quantitative estimate of drug-likeness (QED) is 0.642. The molecular formula is C21H24N4O5S. The van der Waals surface area contributed by atoms with Gasteiger partial charge in [0.2, 0.25) is 0 Å². The van der Waals surface area contributed by atoms with Gasteiger partial charge in [-0.2, -0.15) is 0 Å². The Hall–Kier alpha value is -2.72. The van der Waals surface area contributed by atoms with Gasteiger partial charge in [0.05, 0.1) is 35.4 Å². The first-order valence-corrected chi connectivity index (χ1v) is 12.3. The van der Waals surface area contributed by atoms with E-state index in [1.54, 1.807) is 18.4 Å². The highest BCUT2D eigenvalue weighted by Gasteiger charge is 2.32. The number of rotatable bonds is 5. The summed E-state index contributed by atoms with van der Waals surface area (Å²) >= 11 is 0. The van der Waals surface area contributed by atoms with Gasteiger partial charge in [-0.25, -0.2) is 18.4 Å². The first-order chi connectivity index (χ1) is 14.9. The van der Waals surface area contributed by atoms with Crippen LogP contribution in [-0.4, -0.2) is 59.6 Å². The minimum Gasteiger partial charge on any atom is -0.463 e. The second-order valence-corrected chi connectivity index (χ2v) is 10.4. The van der Waals surface area contributed by atoms with Crippen LogP contribution in [0.15, 0.2) is 28.9 Å². The molecule has 0 aliphatic carbocycles. The van der Waals surface area contributed by atoms with E-state index in [1.165, 1.54) is 0 Å². The van der Waals surface area contributed by atoms with Crippen LogP contribution in [0.5, 0.6) is 0 Å². The Labute approximate surface area is 179 Å². The van der Waals surface area contributed by atoms with Gasteiger partial charge < -0.3 is 19.0 Å². The number of nitrogens with zero attached hydrogens (tertiary/aromatic N) is 3. The van der Waals surface area contributed by atoms with Gasteiger partial charge >= 0.3 is 0 Å². The maximum atomic E-state index is 13.1. The Kier molecular flexibility index (Phi) is 5.05. The van der Waals surface area contributed by atoms with Gasteiger partial charge in [-0.1, -0.05) is 0 Å². The van der Waals surface area contributed by atoms with Gasteiger partial charge in [0, 0.05) is 13.2 Å². The molecule has 3 aromatic rings. The maximum absolute atomic E-state index is 13.1. The Morgan fingerprint density at radius 1 is 1.32 bits per heavy atom. The van der Waals surface area contributed by atoms with Crippen molar-refractivity contribution in [2.45, 2.75) is 38.3 Å². The molecule has 2 aliphatic heterocycles. The number of carbonyl (C=O) groups excluding carboxylic acids is 1. The zero-order valence-electron chi connectivity index (χ0n) is 17.2. The molecule has 31 heavy (non-hydrogen) atoms. The molecule has 10 heteroatoms. The van der Waals surface area contributed by atoms with Gasteiger partial charge in [-0.3, -0.25) is 4.79 Å². The van der Waals surface area contributed by atoms with Gasteiger partial charge in [0.1, 0.15) is 17.0 Å². The van der Waals surface area contributed by atoms with Crippen LogP contribution in [0.1, 0.15) is 41.6 Å². The lowest BCUT2D eigenvalue weighted by Gasteiger charge is -2.14. The standard InChI is InChI=1S/C21H24N4O5S/c1-13-23-19-17(25(13)14-6-9-31(27,28)12-14)10-16(18-5-3-8-30-18)24-20(19)21(26)22-11-15-4-2-7-29-15/h3,5,8,10,14-15H,2,4,6-7,9,11-12H2,1H3,(H,22,26)/t14-,15+/m0/s1. The second kappa shape index (κ2) is 7.76. The van der Waals surface area contributed by atoms with E-state index in [1.807, 2.05) is 17.6 Å². The number of fused-ring (bicyclic) bond motifs is 1. The van der Waals surface area contributed by atoms with Crippen LogP contribution in [0, 0.1) is 6.92 Å². The fraction of sp³-hybridized carbons (Fsp3) is 0.476. The maximum Gasteiger partial charge on any atom is 0.272 e. The predicted molar refractivity (Wildman–Crippen MR) is 114 cm³/mol. The number of sulfone groups is 1. The molecule has 3 aromatic heterocycles. The summed E-state index contributed by atoms with van der Waals surface area (Å²) in [7, 11) is -3.08. The number of aryl methyl sites for hydroxylation is 1. The smallest absolute Gasteiger partial charge is 0.272 e. The molecule has 164 valence electrons. The monoisotopic (exact) mass is 444 g/mol. The molecule has 1 N–H and O–H groups in total. The fourth-order valence-corrected chi connectivity index (χ4v) is 6.15. The molecule has 2 atom stereocenters. The largest absolute Gasteiger partial charge is 0.463 e. The molecule has 5 rings (SSSR count). The number of hydrogen-bond donors (Lipinski definition) is 1. The van der Waals surface area contributed by atoms with E-state index >= 15 is 0 Å². The summed E-state index contributed by atoms with van der Waals surface area (Å²) in [6, 6.07) is 5.13. The van der Waals surface area contributed by atoms with Crippen molar-refractivity contribution in [3.63, 3.8) is 0 Å². The molecule has 2 aliphatic rings. The highest BCUT2D eigenvalue weighted by Crippen LogP contribution is 2.32. The molecule has 2 saturated heterocycles. The Morgan fingerprint density at radius 2 is 2.19 bits per heavy atom. The van der Waals surface area contributed by atoms with Crippen LogP contribution in [0.25, 0.3) is 22.5 Å². The predicted octanol–water partition coefficient (Wildman–Crippen LogP) is 2.27. The number of furan rings is 1. The lowest BCUT2D eigenvalue weighted by molar-refractivity contribution is 0.0855. The summed E-state index contributed by atoms with van der Waals surface area (Å²) in [6.07, 6.45) is 3.98. The van der Waals surface area contributed by atoms with Gasteiger partial charge in [-0.15, -0.1) is 0 Å². The van der Waals surface area contributed by atoms with Crippen molar-refractivity contribution in [3.05, 3.63) is 36.0 Å². The van der Waals surface area contributed by atoms with Crippen LogP contribution in [-0.2, 0) is 14.6 Å². The van der Waals surface area contributed by atoms with Crippen molar-refractivity contribution in [3.8, 4) is 11.5 Å². The third-order valence-corrected chi connectivity index (χ3v) is 7.68. The molecule has 5 heterocycles. The normalized spacial score (nSPS) is 22.9. The number of ether oxygens (including phenoxy) is 1. The van der Waals surface area contributed by atoms with Gasteiger partial charge in [0.25, 0.3) is 5.91 Å². The molecule has 0 radical (unpaired) electrons. The molecule has 0 spiro atoms. The first kappa shape index (κ1) is 20.2. The summed E-state index contributed by atoms with van der Waals surface area (Å²) < 4.78 is 37.2. The van der Waals surface area contributed by atoms with E-state index < -0.39 is 9.84 Å². The van der Waals surface area contributed by atoms with Crippen LogP contribution in [0.2, 0.25) is 0 Å². The Balaban J connectivity index is 1.58. The first-order valence-electron chi connectivity index (χ1n) is 10.4. The van der Waals surface area contributed by atoms with Gasteiger partial charge in [0.15, 0.2) is 21.3 Å². The minimum absolute atomic E-state index is 0.00989. The van der Waals surface area contributed by atoms with Crippen LogP contribution in [0.4, 0.5) is 0 Å². The number of nitrogens with one attached hydrogen (secondary N) is 1. The third kappa shape index (κ3) is 3.85. The molecular weight excluding hydrogens is 420 g/mol. The highest BCUT2D eigenvalue weighted by molar-refractivity contribution is 7.91. The van der Waals surface area contributed by atoms with Crippen molar-refractivity contribution in [1.29, 1.82) is 0 Å². The van der Waals surface area contributed by atoms with Crippen LogP contribution in [0.3, 0.4) is 0 Å². The van der Waals surface area contributed by atoms with Crippen molar-refractivity contribution in [2.75, 3.05) is 24.7 Å². The van der Waals surface area contributed by atoms with Crippen molar-refractivity contribution < 1.29 is 22.4 Å². The zero-order valence-corrected chi connectivity index (χ0v) is 18.0. The second-order valence-electron chi connectivity index (χ2n) is 8.13. The topological polar surface area (TPSA) is 116 Å². The lowest BCUT2D eigenvalue weighted by atomic mass is 10.2. The van der Waals surface area contributed by atoms with Crippen LogP contribution < -0.4 is 5.32 Å². The third-order valence-electron chi connectivity index (χ3n) is 5.93. The van der Waals surface area contributed by atoms with Crippen LogP contribution >= 0.6 is 0 Å². The summed E-state index contributed by atoms with van der Waals surface area (Å²) in [5.41, 5.74) is 1.84. The molecule has 1 amide bonds. The Morgan fingerprint density at radius 3 is 2.87 bits per heavy atom. The van der Waals surface area contributed by atoms with E-state index in [9.17, 15) is 13.2 Å². The van der Waals surface area contributed by atoms with Gasteiger partial charge in [-0.05, 0) is 44.4 Å². The number of pyridine rings is 1. The number of hydrogen-bond acceptors (Lipinski definition) is 7. The van der Waals surface area contributed by atoms with Crippen molar-refractivity contribution in [1.82, 2.24) is 19.9 Å². The molecule has 2 fully saturated rings. The summed E-state index contributed by atoms with van der Waals surface area (Å²) in [5, 5.41) is 2.91. The highest BCUT2D eigenvalue weighted by atomic mass is 32.2. The SMILES string of the molecule is Cc1nc2c(C(=O)NC[C@H]3CCCO3)nc(-c3ccco3)cc2n1[C@H]1CCS(=O)(=O)C1. The van der Waals surface area contributed by atoms with E-state index in [0.717, 1.165) is 12.8 Å². The fourth-order valence-electron chi connectivity index (χ4n) is 4.45. The Bertz CT molecular complexity index is 1230. The molecule has 0 aromatic carbocycles. The average molecular weight is 445 g/mol. The number of carbonyl (C=O) groups is 1. The van der Waals surface area contributed by atoms with E-state index in [-0.39, 0.29) is 35.3 Å². The molecule has 0 unspecified atom stereocenters. The summed E-state index contributed by atoms with van der Waals surface area (Å²) in [6.45, 7) is 2.95. The number of amides is 1. The summed E-state index contributed by atoms with van der Waals surface area (Å²) in [4.78, 5) is 22.2. The summed E-state index contributed by atoms with van der Waals surface area (Å²) in [5.74, 6) is 1.07. The zero-order chi connectivity index (χ0) is 21.6. The number of aromatic nitrogens is 3. The number of imidazole rings is 1. The molecule has 9 nitrogen and oxygen atoms in total. The van der Waals surface area contributed by atoms with E-state index in [0.29, 0.717) is 47.9 Å². The molecule has 0 saturated carbocycles. The molecule has 0 bridgehead atoms. The lowest BCUT2D eigenvalue weighted by Crippen LogP contribution is -2.32. The van der Waals surface area contributed by atoms with E-state index in [4.69, 9.17) is 9.15 Å². The average Bonchev–Trinajstić information content (AvgIpc) is 3.52. The van der Waals surface area contributed by atoms with E-state index in [2.05, 4.69) is 15.3 Å².